The number of hydrogen-bond acceptors (Lipinski definition) is 4. The van der Waals surface area contributed by atoms with Gasteiger partial charge < -0.3 is 4.74 Å². The minimum absolute atomic E-state index is 0.174. The van der Waals surface area contributed by atoms with Crippen molar-refractivity contribution in [1.29, 1.82) is 0 Å². The van der Waals surface area contributed by atoms with E-state index in [0.29, 0.717) is 12.3 Å². The van der Waals surface area contributed by atoms with Gasteiger partial charge in [-0.1, -0.05) is 6.42 Å². The second kappa shape index (κ2) is 7.43. The van der Waals surface area contributed by atoms with E-state index in [2.05, 4.69) is 0 Å². The number of Topliss-reactive ketones (excluding diaryl/α,β-unsaturated/α-hetero) is 1. The minimum atomic E-state index is -3.36. The normalized spacial score (nSPS) is 22.3. The molecule has 1 aliphatic rings. The molecule has 122 valence electrons. The molecule has 0 aromatic rings. The zero-order valence-electron chi connectivity index (χ0n) is 13.6. The molecule has 21 heavy (non-hydrogen) atoms. The topological polar surface area (TPSA) is 60.4 Å². The Labute approximate surface area is 128 Å². The van der Waals surface area contributed by atoms with Crippen LogP contribution in [0.5, 0.6) is 0 Å². The van der Waals surface area contributed by atoms with Crippen LogP contribution < -0.4 is 0 Å². The molecule has 4 nitrogen and oxygen atoms in total. The van der Waals surface area contributed by atoms with Gasteiger partial charge in [0.25, 0.3) is 0 Å². The summed E-state index contributed by atoms with van der Waals surface area (Å²) in [6, 6.07) is 0. The van der Waals surface area contributed by atoms with Gasteiger partial charge in [0, 0.05) is 6.42 Å². The highest BCUT2D eigenvalue weighted by Crippen LogP contribution is 2.32. The molecule has 1 fully saturated rings. The lowest BCUT2D eigenvalue weighted by Gasteiger charge is -2.25. The monoisotopic (exact) mass is 316 g/mol. The van der Waals surface area contributed by atoms with E-state index in [4.69, 9.17) is 4.74 Å². The molecule has 0 radical (unpaired) electrons. The van der Waals surface area contributed by atoms with Crippen molar-refractivity contribution in [2.24, 2.45) is 5.92 Å². The maximum Gasteiger partial charge on any atom is 0.162 e. The number of carbonyl (C=O) groups excluding carboxylic acids is 1. The van der Waals surface area contributed by atoms with Crippen LogP contribution in [0.1, 0.15) is 59.3 Å². The van der Waals surface area contributed by atoms with Crippen LogP contribution in [0.2, 0.25) is 0 Å². The maximum absolute atomic E-state index is 12.0. The lowest BCUT2D eigenvalue weighted by atomic mass is 9.82. The number of rotatable bonds is 6. The van der Waals surface area contributed by atoms with Crippen LogP contribution in [0.25, 0.3) is 0 Å². The first kappa shape index (κ1) is 18.2. The summed E-state index contributed by atoms with van der Waals surface area (Å²) in [7, 11) is -1.72. The number of ether oxygens (including phenoxy) is 1. The molecule has 5 heteroatoms. The highest BCUT2D eigenvalue weighted by atomic mass is 32.2. The molecule has 0 bridgehead atoms. The van der Waals surface area contributed by atoms with Gasteiger partial charge in [-0.05, 0) is 57.9 Å². The van der Waals surface area contributed by atoms with Crippen molar-refractivity contribution in [2.45, 2.75) is 64.0 Å². The van der Waals surface area contributed by atoms with Gasteiger partial charge in [-0.2, -0.15) is 0 Å². The van der Waals surface area contributed by atoms with Gasteiger partial charge >= 0.3 is 0 Å². The first-order valence-electron chi connectivity index (χ1n) is 7.63. The smallest absolute Gasteiger partial charge is 0.162 e. The summed E-state index contributed by atoms with van der Waals surface area (Å²) in [4.78, 5) is 12.0. The Morgan fingerprint density at radius 3 is 2.57 bits per heavy atom. The number of ketones is 1. The highest BCUT2D eigenvalue weighted by molar-refractivity contribution is 7.93. The molecule has 1 atom stereocenters. The zero-order valence-corrected chi connectivity index (χ0v) is 14.5. The number of sulfone groups is 1. The van der Waals surface area contributed by atoms with Crippen molar-refractivity contribution in [2.75, 3.05) is 12.9 Å². The third-order valence-corrected chi connectivity index (χ3v) is 6.69. The Morgan fingerprint density at radius 1 is 1.33 bits per heavy atom. The maximum atomic E-state index is 12.0. The SMILES string of the molecule is CO/C=C1\CCCC[C@H]1CCC(=O)CS(=O)(=O)C(C)(C)C. The van der Waals surface area contributed by atoms with Crippen molar-refractivity contribution >= 4 is 15.6 Å². The van der Waals surface area contributed by atoms with E-state index in [0.717, 1.165) is 25.7 Å². The average molecular weight is 316 g/mol. The van der Waals surface area contributed by atoms with Gasteiger partial charge in [-0.25, -0.2) is 8.42 Å². The molecular formula is C16H28O4S. The van der Waals surface area contributed by atoms with E-state index >= 15 is 0 Å². The van der Waals surface area contributed by atoms with Crippen molar-refractivity contribution in [1.82, 2.24) is 0 Å². The minimum Gasteiger partial charge on any atom is -0.504 e. The summed E-state index contributed by atoms with van der Waals surface area (Å²) < 4.78 is 28.3. The second-order valence-corrected chi connectivity index (χ2v) is 9.56. The number of methoxy groups -OCH3 is 1. The van der Waals surface area contributed by atoms with Crippen LogP contribution in [0.3, 0.4) is 0 Å². The lowest BCUT2D eigenvalue weighted by Crippen LogP contribution is -2.33. The van der Waals surface area contributed by atoms with Gasteiger partial charge in [-0.15, -0.1) is 0 Å². The number of carbonyl (C=O) groups is 1. The highest BCUT2D eigenvalue weighted by Gasteiger charge is 2.31. The van der Waals surface area contributed by atoms with E-state index in [1.165, 1.54) is 12.0 Å². The molecule has 1 saturated carbocycles. The Bertz CT molecular complexity index is 483. The summed E-state index contributed by atoms with van der Waals surface area (Å²) in [5.41, 5.74) is 1.26. The predicted molar refractivity (Wildman–Crippen MR) is 84.8 cm³/mol. The van der Waals surface area contributed by atoms with Crippen molar-refractivity contribution in [3.63, 3.8) is 0 Å². The van der Waals surface area contributed by atoms with Crippen LogP contribution >= 0.6 is 0 Å². The van der Waals surface area contributed by atoms with Crippen LogP contribution in [-0.4, -0.2) is 31.8 Å². The van der Waals surface area contributed by atoms with Crippen molar-refractivity contribution in [3.8, 4) is 0 Å². The summed E-state index contributed by atoms with van der Waals surface area (Å²) in [6.45, 7) is 4.91. The van der Waals surface area contributed by atoms with Gasteiger partial charge in [-0.3, -0.25) is 4.79 Å². The van der Waals surface area contributed by atoms with Crippen molar-refractivity contribution in [3.05, 3.63) is 11.8 Å². The van der Waals surface area contributed by atoms with Crippen LogP contribution in [0.4, 0.5) is 0 Å². The Hall–Kier alpha value is -0.840. The van der Waals surface area contributed by atoms with E-state index in [-0.39, 0.29) is 11.5 Å². The van der Waals surface area contributed by atoms with E-state index in [9.17, 15) is 13.2 Å². The van der Waals surface area contributed by atoms with Gasteiger partial charge in [0.15, 0.2) is 9.84 Å². The summed E-state index contributed by atoms with van der Waals surface area (Å²) in [5.74, 6) is -0.153. The summed E-state index contributed by atoms with van der Waals surface area (Å²) >= 11 is 0. The number of allylic oxidation sites excluding steroid dienone is 1. The molecule has 0 unspecified atom stereocenters. The zero-order chi connectivity index (χ0) is 16.1. The van der Waals surface area contributed by atoms with Crippen molar-refractivity contribution < 1.29 is 17.9 Å². The first-order valence-corrected chi connectivity index (χ1v) is 9.28. The third-order valence-electron chi connectivity index (χ3n) is 4.12. The van der Waals surface area contributed by atoms with E-state index < -0.39 is 14.6 Å². The van der Waals surface area contributed by atoms with Gasteiger partial charge in [0.1, 0.15) is 11.5 Å². The molecule has 0 aromatic heterocycles. The average Bonchev–Trinajstić information content (AvgIpc) is 2.36. The first-order chi connectivity index (χ1) is 9.67. The van der Waals surface area contributed by atoms with Gasteiger partial charge in [0.2, 0.25) is 0 Å². The standard InChI is InChI=1S/C16H28O4S/c1-16(2,3)21(18,19)12-15(17)10-9-13-7-5-6-8-14(13)11-20-4/h11,13H,5-10,12H2,1-4H3/b14-11+/t13-/m0/s1. The Balaban J connectivity index is 2.55. The molecule has 1 aliphatic carbocycles. The molecule has 0 amide bonds. The van der Waals surface area contributed by atoms with Crippen LogP contribution in [-0.2, 0) is 19.4 Å². The fourth-order valence-electron chi connectivity index (χ4n) is 2.58. The largest absolute Gasteiger partial charge is 0.504 e. The summed E-state index contributed by atoms with van der Waals surface area (Å²) in [5, 5.41) is 0. The second-order valence-electron chi connectivity index (χ2n) is 6.82. The molecular weight excluding hydrogens is 288 g/mol. The molecule has 0 aliphatic heterocycles. The van der Waals surface area contributed by atoms with Crippen LogP contribution in [0, 0.1) is 5.92 Å². The molecule has 1 rings (SSSR count). The third kappa shape index (κ3) is 5.46. The Kier molecular flexibility index (Phi) is 6.44. The quantitative estimate of drug-likeness (QED) is 0.706. The molecule has 0 heterocycles. The Morgan fingerprint density at radius 2 is 2.00 bits per heavy atom. The lowest BCUT2D eigenvalue weighted by molar-refractivity contribution is -0.116. The molecule has 0 spiro atoms. The predicted octanol–water partition coefficient (Wildman–Crippen LogP) is 3.27. The van der Waals surface area contributed by atoms with Gasteiger partial charge in [0.05, 0.1) is 18.1 Å². The van der Waals surface area contributed by atoms with E-state index in [1.807, 2.05) is 0 Å². The van der Waals surface area contributed by atoms with E-state index in [1.54, 1.807) is 34.1 Å². The number of hydrogen-bond donors (Lipinski definition) is 0. The van der Waals surface area contributed by atoms with Crippen LogP contribution in [0.15, 0.2) is 11.8 Å². The fourth-order valence-corrected chi connectivity index (χ4v) is 3.58. The molecule has 0 N–H and O–H groups in total. The molecule has 0 aromatic carbocycles. The summed E-state index contributed by atoms with van der Waals surface area (Å²) in [6.07, 6.45) is 7.27. The molecule has 0 saturated heterocycles. The fraction of sp³-hybridized carbons (Fsp3) is 0.812.